The van der Waals surface area contributed by atoms with Gasteiger partial charge in [-0.25, -0.2) is 0 Å². The summed E-state index contributed by atoms with van der Waals surface area (Å²) in [5.41, 5.74) is 0. The van der Waals surface area contributed by atoms with Crippen LogP contribution in [-0.4, -0.2) is 49.5 Å². The second kappa shape index (κ2) is 9.96. The molecule has 3 heteroatoms. The minimum Gasteiger partial charge on any atom is -0.395 e. The second-order valence-electron chi connectivity index (χ2n) is 3.07. The predicted molar refractivity (Wildman–Crippen MR) is 54.9 cm³/mol. The Kier molecular flexibility index (Phi) is 9.87. The van der Waals surface area contributed by atoms with Crippen LogP contribution < -0.4 is 0 Å². The second-order valence-corrected chi connectivity index (χ2v) is 3.07. The van der Waals surface area contributed by atoms with Crippen molar-refractivity contribution in [2.24, 2.45) is 0 Å². The van der Waals surface area contributed by atoms with Gasteiger partial charge in [0.25, 0.3) is 0 Å². The molecule has 0 saturated carbocycles. The van der Waals surface area contributed by atoms with Gasteiger partial charge in [-0.15, -0.1) is 0 Å². The molecule has 1 N–H and O–H groups in total. The first-order chi connectivity index (χ1) is 6.35. The molecule has 1 fully saturated rings. The van der Waals surface area contributed by atoms with Crippen LogP contribution in [0.4, 0.5) is 0 Å². The largest absolute Gasteiger partial charge is 0.395 e. The first-order valence-electron chi connectivity index (χ1n) is 5.26. The van der Waals surface area contributed by atoms with Crippen LogP contribution in [0.3, 0.4) is 0 Å². The number of likely N-dealkylation sites (N-methyl/N-ethyl adjacent to an activating group) is 1. The lowest BCUT2D eigenvalue weighted by molar-refractivity contribution is 0.198. The highest BCUT2D eigenvalue weighted by molar-refractivity contribution is 4.47. The molecule has 0 amide bonds. The minimum atomic E-state index is 0.279. The summed E-state index contributed by atoms with van der Waals surface area (Å²) in [5.74, 6) is 0. The third-order valence-corrected chi connectivity index (χ3v) is 2.14. The van der Waals surface area contributed by atoms with Crippen molar-refractivity contribution in [1.82, 2.24) is 4.90 Å². The van der Waals surface area contributed by atoms with E-state index in [1.54, 1.807) is 0 Å². The average molecular weight is 189 g/mol. The highest BCUT2D eigenvalue weighted by Gasteiger charge is 1.95. The number of rotatable bonds is 4. The van der Waals surface area contributed by atoms with E-state index in [4.69, 9.17) is 9.84 Å². The van der Waals surface area contributed by atoms with Crippen LogP contribution in [0.25, 0.3) is 0 Å². The number of hydrogen-bond acceptors (Lipinski definition) is 3. The van der Waals surface area contributed by atoms with Gasteiger partial charge in [-0.1, -0.05) is 13.8 Å². The Hall–Kier alpha value is -0.120. The summed E-state index contributed by atoms with van der Waals surface area (Å²) < 4.78 is 4.94. The lowest BCUT2D eigenvalue weighted by Gasteiger charge is -2.15. The Balaban J connectivity index is 0.000000243. The molecular weight excluding hydrogens is 166 g/mol. The fourth-order valence-electron chi connectivity index (χ4n) is 1.19. The molecule has 0 aliphatic carbocycles. The van der Waals surface area contributed by atoms with Crippen LogP contribution in [0.5, 0.6) is 0 Å². The van der Waals surface area contributed by atoms with E-state index in [0.29, 0.717) is 0 Å². The average Bonchev–Trinajstić information content (AvgIpc) is 2.72. The van der Waals surface area contributed by atoms with Crippen molar-refractivity contribution in [3.63, 3.8) is 0 Å². The quantitative estimate of drug-likeness (QED) is 0.719. The molecular formula is C10H23NO2. The summed E-state index contributed by atoms with van der Waals surface area (Å²) in [7, 11) is 0. The van der Waals surface area contributed by atoms with Gasteiger partial charge in [0, 0.05) is 19.8 Å². The molecule has 80 valence electrons. The summed E-state index contributed by atoms with van der Waals surface area (Å²) in [6.07, 6.45) is 2.56. The Morgan fingerprint density at radius 2 is 1.69 bits per heavy atom. The third kappa shape index (κ3) is 8.22. The molecule has 0 atom stereocenters. The summed E-state index contributed by atoms with van der Waals surface area (Å²) in [6.45, 7) is 9.36. The van der Waals surface area contributed by atoms with Crippen molar-refractivity contribution in [3.05, 3.63) is 0 Å². The highest BCUT2D eigenvalue weighted by Crippen LogP contribution is 1.98. The van der Waals surface area contributed by atoms with Crippen LogP contribution >= 0.6 is 0 Å². The van der Waals surface area contributed by atoms with Crippen LogP contribution in [0, 0.1) is 0 Å². The van der Waals surface area contributed by atoms with Crippen LogP contribution in [0.1, 0.15) is 26.7 Å². The van der Waals surface area contributed by atoms with E-state index >= 15 is 0 Å². The van der Waals surface area contributed by atoms with Gasteiger partial charge in [-0.3, -0.25) is 0 Å². The molecule has 0 radical (unpaired) electrons. The first-order valence-corrected chi connectivity index (χ1v) is 5.26. The lowest BCUT2D eigenvalue weighted by atomic mass is 10.4. The standard InChI is InChI=1S/C6H15NO.C4H8O/c1-3-7(4-2)5-6-8;1-2-4-5-3-1/h8H,3-6H2,1-2H3;1-4H2. The van der Waals surface area contributed by atoms with E-state index < -0.39 is 0 Å². The molecule has 1 saturated heterocycles. The number of aliphatic hydroxyl groups is 1. The third-order valence-electron chi connectivity index (χ3n) is 2.14. The van der Waals surface area contributed by atoms with Gasteiger partial charge in [-0.05, 0) is 25.9 Å². The molecule has 0 aromatic carbocycles. The van der Waals surface area contributed by atoms with E-state index in [-0.39, 0.29) is 6.61 Å². The Labute approximate surface area is 81.7 Å². The minimum absolute atomic E-state index is 0.279. The van der Waals surface area contributed by atoms with Gasteiger partial charge < -0.3 is 14.7 Å². The fourth-order valence-corrected chi connectivity index (χ4v) is 1.19. The number of hydrogen-bond donors (Lipinski definition) is 1. The van der Waals surface area contributed by atoms with Crippen molar-refractivity contribution in [3.8, 4) is 0 Å². The predicted octanol–water partition coefficient (Wildman–Crippen LogP) is 1.12. The molecule has 0 spiro atoms. The molecule has 1 aliphatic heterocycles. The fraction of sp³-hybridized carbons (Fsp3) is 1.00. The van der Waals surface area contributed by atoms with Crippen LogP contribution in [0.2, 0.25) is 0 Å². The summed E-state index contributed by atoms with van der Waals surface area (Å²) in [5, 5.41) is 8.46. The molecule has 0 bridgehead atoms. The van der Waals surface area contributed by atoms with Crippen molar-refractivity contribution in [1.29, 1.82) is 0 Å². The normalized spacial score (nSPS) is 15.7. The molecule has 1 aliphatic rings. The summed E-state index contributed by atoms with van der Waals surface area (Å²) in [6, 6.07) is 0. The van der Waals surface area contributed by atoms with Crippen LogP contribution in [-0.2, 0) is 4.74 Å². The molecule has 0 unspecified atom stereocenters. The highest BCUT2D eigenvalue weighted by atomic mass is 16.5. The maximum atomic E-state index is 8.46. The smallest absolute Gasteiger partial charge is 0.0558 e. The van der Waals surface area contributed by atoms with Crippen molar-refractivity contribution >= 4 is 0 Å². The maximum absolute atomic E-state index is 8.46. The summed E-state index contributed by atoms with van der Waals surface area (Å²) in [4.78, 5) is 2.18. The Morgan fingerprint density at radius 1 is 1.15 bits per heavy atom. The zero-order chi connectivity index (χ0) is 9.94. The first kappa shape index (κ1) is 12.9. The summed E-state index contributed by atoms with van der Waals surface area (Å²) >= 11 is 0. The van der Waals surface area contributed by atoms with Gasteiger partial charge >= 0.3 is 0 Å². The Morgan fingerprint density at radius 3 is 1.85 bits per heavy atom. The number of ether oxygens (including phenoxy) is 1. The lowest BCUT2D eigenvalue weighted by Crippen LogP contribution is -2.25. The molecule has 1 rings (SSSR count). The van der Waals surface area contributed by atoms with Crippen LogP contribution in [0.15, 0.2) is 0 Å². The van der Waals surface area contributed by atoms with E-state index in [9.17, 15) is 0 Å². The zero-order valence-corrected chi connectivity index (χ0v) is 8.96. The number of nitrogens with zero attached hydrogens (tertiary/aromatic N) is 1. The number of aliphatic hydroxyl groups excluding tert-OH is 1. The van der Waals surface area contributed by atoms with E-state index in [2.05, 4.69) is 18.7 Å². The van der Waals surface area contributed by atoms with Crippen molar-refractivity contribution in [2.45, 2.75) is 26.7 Å². The van der Waals surface area contributed by atoms with Gasteiger partial charge in [-0.2, -0.15) is 0 Å². The topological polar surface area (TPSA) is 32.7 Å². The monoisotopic (exact) mass is 189 g/mol. The van der Waals surface area contributed by atoms with Crippen molar-refractivity contribution < 1.29 is 9.84 Å². The molecule has 3 nitrogen and oxygen atoms in total. The van der Waals surface area contributed by atoms with Gasteiger partial charge in [0.15, 0.2) is 0 Å². The van der Waals surface area contributed by atoms with E-state index in [1.807, 2.05) is 0 Å². The van der Waals surface area contributed by atoms with Gasteiger partial charge in [0.2, 0.25) is 0 Å². The van der Waals surface area contributed by atoms with E-state index in [1.165, 1.54) is 12.8 Å². The molecule has 1 heterocycles. The Bertz CT molecular complexity index is 83.3. The van der Waals surface area contributed by atoms with Gasteiger partial charge in [0.1, 0.15) is 0 Å². The molecule has 13 heavy (non-hydrogen) atoms. The molecule has 0 aromatic heterocycles. The van der Waals surface area contributed by atoms with Gasteiger partial charge in [0.05, 0.1) is 6.61 Å². The van der Waals surface area contributed by atoms with E-state index in [0.717, 1.165) is 32.8 Å². The zero-order valence-electron chi connectivity index (χ0n) is 8.96. The molecule has 0 aromatic rings. The SMILES string of the molecule is C1CCOC1.CCN(CC)CCO. The maximum Gasteiger partial charge on any atom is 0.0558 e. The van der Waals surface area contributed by atoms with Crippen molar-refractivity contribution in [2.75, 3.05) is 39.5 Å².